The number of rotatable bonds is 6. The van der Waals surface area contributed by atoms with E-state index in [1.54, 1.807) is 12.1 Å². The van der Waals surface area contributed by atoms with Crippen molar-refractivity contribution in [3.8, 4) is 0 Å². The number of thioether (sulfide) groups is 1. The van der Waals surface area contributed by atoms with E-state index in [1.807, 2.05) is 0 Å². The largest absolute Gasteiger partial charge is 0.261 e. The Morgan fingerprint density at radius 1 is 1.09 bits per heavy atom. The SMILES string of the molecule is CN(N=O)C1CCCCC1.c1ccc(CSCC2CC2)cc1. The van der Waals surface area contributed by atoms with Crippen molar-refractivity contribution < 1.29 is 0 Å². The molecule has 0 saturated heterocycles. The molecule has 2 saturated carbocycles. The Bertz CT molecular complexity index is 416. The fourth-order valence-corrected chi connectivity index (χ4v) is 3.94. The fourth-order valence-electron chi connectivity index (χ4n) is 2.72. The molecule has 1 aromatic carbocycles. The standard InChI is InChI=1S/C11H14S.C7H14N2O/c1-2-4-10(5-3-1)8-12-9-11-6-7-11;1-9(8-10)7-5-3-2-4-6-7/h1-5,11H,6-9H2;7H,2-6H2,1H3. The van der Waals surface area contributed by atoms with E-state index in [0.717, 1.165) is 18.8 Å². The van der Waals surface area contributed by atoms with E-state index in [2.05, 4.69) is 47.4 Å². The molecule has 3 nitrogen and oxygen atoms in total. The molecule has 2 aliphatic carbocycles. The van der Waals surface area contributed by atoms with Crippen LogP contribution in [0.1, 0.15) is 50.5 Å². The summed E-state index contributed by atoms with van der Waals surface area (Å²) in [7, 11) is 1.77. The second-order valence-corrected chi connectivity index (χ2v) is 7.42. The lowest BCUT2D eigenvalue weighted by Crippen LogP contribution is -2.28. The highest BCUT2D eigenvalue weighted by atomic mass is 32.2. The maximum Gasteiger partial charge on any atom is 0.0523 e. The first-order valence-electron chi connectivity index (χ1n) is 8.47. The fraction of sp³-hybridized carbons (Fsp3) is 0.667. The summed E-state index contributed by atoms with van der Waals surface area (Å²) < 4.78 is 0. The molecule has 122 valence electrons. The lowest BCUT2D eigenvalue weighted by Gasteiger charge is -2.25. The van der Waals surface area contributed by atoms with Gasteiger partial charge in [-0.2, -0.15) is 11.8 Å². The lowest BCUT2D eigenvalue weighted by molar-refractivity contribution is 0.196. The van der Waals surface area contributed by atoms with E-state index >= 15 is 0 Å². The summed E-state index contributed by atoms with van der Waals surface area (Å²) in [6.07, 6.45) is 9.06. The Morgan fingerprint density at radius 3 is 2.36 bits per heavy atom. The first kappa shape index (κ1) is 17.3. The van der Waals surface area contributed by atoms with Crippen LogP contribution in [-0.4, -0.2) is 23.9 Å². The van der Waals surface area contributed by atoms with E-state index in [0.29, 0.717) is 6.04 Å². The lowest BCUT2D eigenvalue weighted by atomic mass is 9.95. The van der Waals surface area contributed by atoms with E-state index in [9.17, 15) is 4.91 Å². The summed E-state index contributed by atoms with van der Waals surface area (Å²) >= 11 is 2.08. The second kappa shape index (κ2) is 9.88. The number of hydrogen-bond acceptors (Lipinski definition) is 3. The van der Waals surface area contributed by atoms with Crippen molar-refractivity contribution in [3.63, 3.8) is 0 Å². The molecule has 2 aliphatic rings. The predicted octanol–water partition coefficient (Wildman–Crippen LogP) is 5.26. The minimum absolute atomic E-state index is 0.422. The molecule has 1 aromatic rings. The van der Waals surface area contributed by atoms with Crippen LogP contribution in [0.3, 0.4) is 0 Å². The van der Waals surface area contributed by atoms with Crippen molar-refractivity contribution in [2.75, 3.05) is 12.8 Å². The van der Waals surface area contributed by atoms with Gasteiger partial charge in [0.25, 0.3) is 0 Å². The summed E-state index contributed by atoms with van der Waals surface area (Å²) in [5.41, 5.74) is 1.46. The zero-order chi connectivity index (χ0) is 15.6. The second-order valence-electron chi connectivity index (χ2n) is 6.39. The van der Waals surface area contributed by atoms with E-state index < -0.39 is 0 Å². The highest BCUT2D eigenvalue weighted by molar-refractivity contribution is 7.98. The van der Waals surface area contributed by atoms with Gasteiger partial charge in [-0.05, 0) is 42.9 Å². The molecule has 22 heavy (non-hydrogen) atoms. The maximum atomic E-state index is 10.1. The number of hydrogen-bond donors (Lipinski definition) is 0. The average molecular weight is 321 g/mol. The smallest absolute Gasteiger partial charge is 0.0523 e. The van der Waals surface area contributed by atoms with Gasteiger partial charge in [-0.1, -0.05) is 49.6 Å². The number of benzene rings is 1. The highest BCUT2D eigenvalue weighted by Gasteiger charge is 2.20. The van der Waals surface area contributed by atoms with Crippen molar-refractivity contribution >= 4 is 11.8 Å². The predicted molar refractivity (Wildman–Crippen MR) is 95.8 cm³/mol. The Labute approximate surface area is 138 Å². The normalized spacial score (nSPS) is 18.2. The van der Waals surface area contributed by atoms with Crippen molar-refractivity contribution in [1.29, 1.82) is 0 Å². The minimum atomic E-state index is 0.422. The zero-order valence-corrected chi connectivity index (χ0v) is 14.4. The van der Waals surface area contributed by atoms with Crippen LogP contribution < -0.4 is 0 Å². The molecular formula is C18H28N2OS. The van der Waals surface area contributed by atoms with E-state index in [-0.39, 0.29) is 0 Å². The first-order valence-corrected chi connectivity index (χ1v) is 9.63. The molecule has 0 amide bonds. The third kappa shape index (κ3) is 6.82. The molecular weight excluding hydrogens is 292 g/mol. The monoisotopic (exact) mass is 320 g/mol. The molecule has 3 rings (SSSR count). The molecule has 0 heterocycles. The molecule has 0 aliphatic heterocycles. The van der Waals surface area contributed by atoms with Gasteiger partial charge in [-0.15, -0.1) is 4.91 Å². The van der Waals surface area contributed by atoms with Gasteiger partial charge in [-0.3, -0.25) is 5.01 Å². The molecule has 0 N–H and O–H groups in total. The molecule has 0 unspecified atom stereocenters. The quantitative estimate of drug-likeness (QED) is 0.529. The van der Waals surface area contributed by atoms with Crippen LogP contribution >= 0.6 is 11.8 Å². The average Bonchev–Trinajstić information content (AvgIpc) is 3.41. The van der Waals surface area contributed by atoms with Crippen LogP contribution in [0.25, 0.3) is 0 Å². The molecule has 4 heteroatoms. The molecule has 0 radical (unpaired) electrons. The van der Waals surface area contributed by atoms with Crippen molar-refractivity contribution in [2.24, 2.45) is 11.2 Å². The third-order valence-electron chi connectivity index (χ3n) is 4.39. The zero-order valence-electron chi connectivity index (χ0n) is 13.6. The van der Waals surface area contributed by atoms with Crippen LogP contribution in [-0.2, 0) is 5.75 Å². The Balaban J connectivity index is 0.000000164. The number of nitroso groups, excluding NO2 is 1. The van der Waals surface area contributed by atoms with Crippen molar-refractivity contribution in [2.45, 2.75) is 56.7 Å². The third-order valence-corrected chi connectivity index (χ3v) is 5.64. The van der Waals surface area contributed by atoms with Crippen molar-refractivity contribution in [3.05, 3.63) is 40.8 Å². The maximum absolute atomic E-state index is 10.1. The van der Waals surface area contributed by atoms with Crippen LogP contribution in [0, 0.1) is 10.8 Å². The van der Waals surface area contributed by atoms with Gasteiger partial charge in [0.2, 0.25) is 0 Å². The van der Waals surface area contributed by atoms with Crippen LogP contribution in [0.5, 0.6) is 0 Å². The summed E-state index contributed by atoms with van der Waals surface area (Å²) in [6.45, 7) is 0. The Kier molecular flexibility index (Phi) is 7.78. The van der Waals surface area contributed by atoms with Crippen molar-refractivity contribution in [1.82, 2.24) is 5.01 Å². The van der Waals surface area contributed by atoms with Gasteiger partial charge in [0.1, 0.15) is 0 Å². The van der Waals surface area contributed by atoms with Gasteiger partial charge in [0.15, 0.2) is 0 Å². The minimum Gasteiger partial charge on any atom is -0.261 e. The topological polar surface area (TPSA) is 32.7 Å². The molecule has 0 spiro atoms. The van der Waals surface area contributed by atoms with Gasteiger partial charge < -0.3 is 0 Å². The van der Waals surface area contributed by atoms with E-state index in [4.69, 9.17) is 0 Å². The molecule has 0 aromatic heterocycles. The molecule has 2 fully saturated rings. The van der Waals surface area contributed by atoms with Crippen LogP contribution in [0.4, 0.5) is 0 Å². The van der Waals surface area contributed by atoms with Gasteiger partial charge in [-0.25, -0.2) is 0 Å². The summed E-state index contributed by atoms with van der Waals surface area (Å²) in [5.74, 6) is 3.62. The van der Waals surface area contributed by atoms with Gasteiger partial charge in [0.05, 0.1) is 5.29 Å². The summed E-state index contributed by atoms with van der Waals surface area (Å²) in [4.78, 5) is 10.1. The van der Waals surface area contributed by atoms with Gasteiger partial charge >= 0.3 is 0 Å². The first-order chi connectivity index (χ1) is 10.8. The Hall–Kier alpha value is -1.03. The summed E-state index contributed by atoms with van der Waals surface area (Å²) in [6, 6.07) is 11.2. The summed E-state index contributed by atoms with van der Waals surface area (Å²) in [5, 5.41) is 4.45. The van der Waals surface area contributed by atoms with Crippen LogP contribution in [0.2, 0.25) is 0 Å². The van der Waals surface area contributed by atoms with E-state index in [1.165, 1.54) is 49.2 Å². The molecule has 0 bridgehead atoms. The Morgan fingerprint density at radius 2 is 1.77 bits per heavy atom. The molecule has 0 atom stereocenters. The van der Waals surface area contributed by atoms with Gasteiger partial charge in [0, 0.05) is 18.8 Å². The number of nitrogens with zero attached hydrogens (tertiary/aromatic N) is 2. The highest BCUT2D eigenvalue weighted by Crippen LogP contribution is 2.33. The van der Waals surface area contributed by atoms with Crippen LogP contribution in [0.15, 0.2) is 35.6 Å².